The van der Waals surface area contributed by atoms with Gasteiger partial charge in [0.05, 0.1) is 5.60 Å². The van der Waals surface area contributed by atoms with Crippen LogP contribution in [0.3, 0.4) is 0 Å². The maximum atomic E-state index is 12.4. The van der Waals surface area contributed by atoms with Crippen LogP contribution in [0.4, 0.5) is 4.39 Å². The molecule has 1 aromatic carbocycles. The van der Waals surface area contributed by atoms with Gasteiger partial charge in [-0.1, -0.05) is 28.1 Å². The lowest BCUT2D eigenvalue weighted by atomic mass is 10.1. The first kappa shape index (κ1) is 10.1. The molecule has 1 saturated carbocycles. The molecule has 14 heavy (non-hydrogen) atoms. The molecule has 0 unspecified atom stereocenters. The van der Waals surface area contributed by atoms with Crippen molar-refractivity contribution >= 4 is 15.9 Å². The van der Waals surface area contributed by atoms with Crippen molar-refractivity contribution in [1.82, 2.24) is 0 Å². The lowest BCUT2D eigenvalue weighted by molar-refractivity contribution is 0.151. The summed E-state index contributed by atoms with van der Waals surface area (Å²) >= 11 is 3.31. The first-order valence-electron chi connectivity index (χ1n) is 4.69. The van der Waals surface area contributed by atoms with Crippen LogP contribution in [0.15, 0.2) is 22.7 Å². The van der Waals surface area contributed by atoms with Crippen LogP contribution in [0.1, 0.15) is 24.0 Å². The Morgan fingerprint density at radius 1 is 1.43 bits per heavy atom. The summed E-state index contributed by atoms with van der Waals surface area (Å²) in [7, 11) is 0. The second-order valence-electron chi connectivity index (χ2n) is 3.96. The second kappa shape index (κ2) is 3.63. The van der Waals surface area contributed by atoms with Gasteiger partial charge in [0.15, 0.2) is 0 Å². The van der Waals surface area contributed by atoms with Crippen molar-refractivity contribution in [2.75, 3.05) is 0 Å². The summed E-state index contributed by atoms with van der Waals surface area (Å²) in [6.45, 7) is -0.453. The molecule has 0 atom stereocenters. The molecule has 0 bridgehead atoms. The van der Waals surface area contributed by atoms with Gasteiger partial charge in [-0.05, 0) is 30.0 Å². The smallest absolute Gasteiger partial charge is 0.116 e. The molecule has 0 heterocycles. The van der Waals surface area contributed by atoms with E-state index in [1.807, 2.05) is 12.1 Å². The SMILES string of the molecule is OC1(Cc2ccc(CF)c(Br)c2)CC1. The summed E-state index contributed by atoms with van der Waals surface area (Å²) < 4.78 is 13.2. The Hall–Kier alpha value is -0.410. The highest BCUT2D eigenvalue weighted by Crippen LogP contribution is 2.38. The number of benzene rings is 1. The third kappa shape index (κ3) is 2.15. The van der Waals surface area contributed by atoms with Crippen molar-refractivity contribution < 1.29 is 9.50 Å². The van der Waals surface area contributed by atoms with E-state index in [0.29, 0.717) is 12.0 Å². The molecule has 0 amide bonds. The summed E-state index contributed by atoms with van der Waals surface area (Å²) in [5, 5.41) is 9.71. The normalized spacial score (nSPS) is 18.2. The zero-order valence-corrected chi connectivity index (χ0v) is 9.35. The number of hydrogen-bond donors (Lipinski definition) is 1. The van der Waals surface area contributed by atoms with E-state index in [0.717, 1.165) is 22.9 Å². The van der Waals surface area contributed by atoms with Gasteiger partial charge >= 0.3 is 0 Å². The molecule has 3 heteroatoms. The molecule has 1 aliphatic rings. The first-order chi connectivity index (χ1) is 6.63. The molecule has 76 valence electrons. The van der Waals surface area contributed by atoms with Crippen LogP contribution in [0.25, 0.3) is 0 Å². The molecule has 1 fully saturated rings. The Morgan fingerprint density at radius 3 is 2.64 bits per heavy atom. The third-order valence-corrected chi connectivity index (χ3v) is 3.36. The quantitative estimate of drug-likeness (QED) is 0.884. The van der Waals surface area contributed by atoms with Crippen molar-refractivity contribution in [2.45, 2.75) is 31.5 Å². The Bertz CT molecular complexity index is 347. The Kier molecular flexibility index (Phi) is 2.62. The highest BCUT2D eigenvalue weighted by molar-refractivity contribution is 9.10. The number of rotatable bonds is 3. The molecule has 0 saturated heterocycles. The molecule has 1 nitrogen and oxygen atoms in total. The average molecular weight is 259 g/mol. The second-order valence-corrected chi connectivity index (χ2v) is 4.81. The third-order valence-electron chi connectivity index (χ3n) is 2.62. The molecule has 1 N–H and O–H groups in total. The topological polar surface area (TPSA) is 20.2 Å². The maximum Gasteiger partial charge on any atom is 0.116 e. The number of hydrogen-bond acceptors (Lipinski definition) is 1. The monoisotopic (exact) mass is 258 g/mol. The van der Waals surface area contributed by atoms with Crippen LogP contribution in [-0.4, -0.2) is 10.7 Å². The van der Waals surface area contributed by atoms with Crippen LogP contribution >= 0.6 is 15.9 Å². The van der Waals surface area contributed by atoms with Gasteiger partial charge in [0, 0.05) is 10.9 Å². The zero-order valence-electron chi connectivity index (χ0n) is 7.76. The molecule has 2 rings (SSSR count). The van der Waals surface area contributed by atoms with Crippen LogP contribution < -0.4 is 0 Å². The highest BCUT2D eigenvalue weighted by Gasteiger charge is 2.40. The molecular formula is C11H12BrFO. The van der Waals surface area contributed by atoms with Gasteiger partial charge in [-0.15, -0.1) is 0 Å². The molecule has 0 radical (unpaired) electrons. The first-order valence-corrected chi connectivity index (χ1v) is 5.48. The van der Waals surface area contributed by atoms with E-state index in [1.54, 1.807) is 6.07 Å². The van der Waals surface area contributed by atoms with Gasteiger partial charge in [-0.2, -0.15) is 0 Å². The molecule has 0 spiro atoms. The van der Waals surface area contributed by atoms with Gasteiger partial charge in [0.2, 0.25) is 0 Å². The minimum atomic E-state index is -0.476. The van der Waals surface area contributed by atoms with E-state index < -0.39 is 12.3 Å². The van der Waals surface area contributed by atoms with Gasteiger partial charge in [-0.25, -0.2) is 4.39 Å². The van der Waals surface area contributed by atoms with Crippen molar-refractivity contribution in [1.29, 1.82) is 0 Å². The van der Waals surface area contributed by atoms with Gasteiger partial charge < -0.3 is 5.11 Å². The largest absolute Gasteiger partial charge is 0.390 e. The van der Waals surface area contributed by atoms with Crippen molar-refractivity contribution in [2.24, 2.45) is 0 Å². The molecule has 0 aromatic heterocycles. The summed E-state index contributed by atoms with van der Waals surface area (Å²) in [5.74, 6) is 0. The average Bonchev–Trinajstić information content (AvgIpc) is 2.84. The maximum absolute atomic E-state index is 12.4. The molecule has 1 aliphatic carbocycles. The van der Waals surface area contributed by atoms with E-state index in [2.05, 4.69) is 15.9 Å². The van der Waals surface area contributed by atoms with Gasteiger partial charge in [-0.3, -0.25) is 0 Å². The Morgan fingerprint density at radius 2 is 2.14 bits per heavy atom. The van der Waals surface area contributed by atoms with E-state index in [1.165, 1.54) is 0 Å². The van der Waals surface area contributed by atoms with E-state index >= 15 is 0 Å². The summed E-state index contributed by atoms with van der Waals surface area (Å²) in [6.07, 6.45) is 2.45. The standard InChI is InChI=1S/C11H12BrFO/c12-10-5-8(1-2-9(10)7-13)6-11(14)3-4-11/h1-2,5,14H,3-4,6-7H2. The molecule has 0 aliphatic heterocycles. The summed E-state index contributed by atoms with van der Waals surface area (Å²) in [5.41, 5.74) is 1.25. The van der Waals surface area contributed by atoms with E-state index in [-0.39, 0.29) is 0 Å². The lowest BCUT2D eigenvalue weighted by Crippen LogP contribution is -2.10. The zero-order chi connectivity index (χ0) is 10.2. The Labute approximate surface area is 91.1 Å². The predicted octanol–water partition coefficient (Wildman–Crippen LogP) is 2.99. The lowest BCUT2D eigenvalue weighted by Gasteiger charge is -2.08. The van der Waals surface area contributed by atoms with Crippen LogP contribution in [0.2, 0.25) is 0 Å². The van der Waals surface area contributed by atoms with Crippen molar-refractivity contribution in [3.8, 4) is 0 Å². The summed E-state index contributed by atoms with van der Waals surface area (Å²) in [6, 6.07) is 5.55. The number of aliphatic hydroxyl groups is 1. The Balaban J connectivity index is 2.15. The highest BCUT2D eigenvalue weighted by atomic mass is 79.9. The fraction of sp³-hybridized carbons (Fsp3) is 0.455. The number of alkyl halides is 1. The van der Waals surface area contributed by atoms with Gasteiger partial charge in [0.1, 0.15) is 6.67 Å². The number of halogens is 2. The van der Waals surface area contributed by atoms with Crippen LogP contribution in [0.5, 0.6) is 0 Å². The van der Waals surface area contributed by atoms with Crippen LogP contribution in [-0.2, 0) is 13.1 Å². The minimum Gasteiger partial charge on any atom is -0.390 e. The summed E-state index contributed by atoms with van der Waals surface area (Å²) in [4.78, 5) is 0. The predicted molar refractivity (Wildman–Crippen MR) is 56.8 cm³/mol. The molecular weight excluding hydrogens is 247 g/mol. The molecule has 1 aromatic rings. The van der Waals surface area contributed by atoms with Crippen molar-refractivity contribution in [3.63, 3.8) is 0 Å². The van der Waals surface area contributed by atoms with Gasteiger partial charge in [0.25, 0.3) is 0 Å². The van der Waals surface area contributed by atoms with E-state index in [4.69, 9.17) is 0 Å². The fourth-order valence-electron chi connectivity index (χ4n) is 1.51. The minimum absolute atomic E-state index is 0.453. The fourth-order valence-corrected chi connectivity index (χ4v) is 2.04. The van der Waals surface area contributed by atoms with Crippen LogP contribution in [0, 0.1) is 0 Å². The van der Waals surface area contributed by atoms with Crippen molar-refractivity contribution in [3.05, 3.63) is 33.8 Å². The van der Waals surface area contributed by atoms with E-state index in [9.17, 15) is 9.50 Å².